The zero-order chi connectivity index (χ0) is 14.1. The number of aliphatic hydroxyl groups is 1. The molecule has 0 aromatic rings. The molecular formula is C14H25NO4. The average molecular weight is 271 g/mol. The Balaban J connectivity index is 1.87. The van der Waals surface area contributed by atoms with Crippen molar-refractivity contribution in [1.29, 1.82) is 0 Å². The van der Waals surface area contributed by atoms with E-state index in [9.17, 15) is 9.90 Å². The Kier molecular flexibility index (Phi) is 4.06. The van der Waals surface area contributed by atoms with Crippen molar-refractivity contribution in [1.82, 2.24) is 4.90 Å². The Morgan fingerprint density at radius 2 is 2.00 bits per heavy atom. The molecular weight excluding hydrogens is 246 g/mol. The molecule has 0 radical (unpaired) electrons. The van der Waals surface area contributed by atoms with Crippen LogP contribution in [0.15, 0.2) is 0 Å². The van der Waals surface area contributed by atoms with Gasteiger partial charge in [-0.15, -0.1) is 0 Å². The van der Waals surface area contributed by atoms with Gasteiger partial charge in [0.15, 0.2) is 0 Å². The summed E-state index contributed by atoms with van der Waals surface area (Å²) in [5.41, 5.74) is -0.681. The predicted octanol–water partition coefficient (Wildman–Crippen LogP) is 1.93. The zero-order valence-electron chi connectivity index (χ0n) is 12.1. The molecule has 1 spiro atoms. The normalized spacial score (nSPS) is 27.4. The summed E-state index contributed by atoms with van der Waals surface area (Å²) in [5.74, 6) is 0. The minimum atomic E-state index is -0.455. The summed E-state index contributed by atoms with van der Waals surface area (Å²) in [6.07, 6.45) is 2.46. The number of carbonyl (C=O) groups is 1. The molecule has 2 saturated heterocycles. The quantitative estimate of drug-likeness (QED) is 0.731. The molecule has 0 aromatic heterocycles. The highest BCUT2D eigenvalue weighted by molar-refractivity contribution is 5.68. The first-order chi connectivity index (χ1) is 8.80. The zero-order valence-corrected chi connectivity index (χ0v) is 12.1. The van der Waals surface area contributed by atoms with Gasteiger partial charge >= 0.3 is 6.09 Å². The molecule has 2 rings (SSSR count). The number of hydrogen-bond acceptors (Lipinski definition) is 4. The number of piperidine rings is 1. The van der Waals surface area contributed by atoms with Crippen molar-refractivity contribution in [2.45, 2.75) is 63.8 Å². The number of aliphatic hydroxyl groups excluding tert-OH is 1. The summed E-state index contributed by atoms with van der Waals surface area (Å²) in [4.78, 5) is 13.7. The maximum absolute atomic E-state index is 12.0. The molecule has 0 saturated carbocycles. The molecule has 1 amide bonds. The Morgan fingerprint density at radius 1 is 1.37 bits per heavy atom. The third-order valence-electron chi connectivity index (χ3n) is 3.79. The summed E-state index contributed by atoms with van der Waals surface area (Å²) < 4.78 is 11.2. The number of amides is 1. The topological polar surface area (TPSA) is 59.0 Å². The monoisotopic (exact) mass is 271 g/mol. The van der Waals surface area contributed by atoms with E-state index >= 15 is 0 Å². The molecule has 2 aliphatic rings. The van der Waals surface area contributed by atoms with Crippen LogP contribution < -0.4 is 0 Å². The highest BCUT2D eigenvalue weighted by Crippen LogP contribution is 2.35. The minimum absolute atomic E-state index is 0.226. The molecule has 110 valence electrons. The second kappa shape index (κ2) is 5.29. The van der Waals surface area contributed by atoms with Gasteiger partial charge in [0.1, 0.15) is 5.60 Å². The van der Waals surface area contributed by atoms with Crippen LogP contribution >= 0.6 is 0 Å². The van der Waals surface area contributed by atoms with Gasteiger partial charge in [0.25, 0.3) is 0 Å². The van der Waals surface area contributed by atoms with Crippen LogP contribution in [0.1, 0.15) is 46.5 Å². The molecule has 5 heteroatoms. The molecule has 19 heavy (non-hydrogen) atoms. The second-order valence-electron chi connectivity index (χ2n) is 6.65. The van der Waals surface area contributed by atoms with Crippen LogP contribution in [0, 0.1) is 0 Å². The fraction of sp³-hybridized carbons (Fsp3) is 0.929. The van der Waals surface area contributed by atoms with E-state index in [1.165, 1.54) is 0 Å². The molecule has 1 atom stereocenters. The first-order valence-corrected chi connectivity index (χ1v) is 7.10. The highest BCUT2D eigenvalue weighted by Gasteiger charge is 2.41. The van der Waals surface area contributed by atoms with Crippen LogP contribution in [0.3, 0.4) is 0 Å². The van der Waals surface area contributed by atoms with Crippen molar-refractivity contribution in [3.05, 3.63) is 0 Å². The van der Waals surface area contributed by atoms with Gasteiger partial charge in [-0.3, -0.25) is 0 Å². The SMILES string of the molecule is CC(C)(C)OC(=O)N1CCC2(CC1)CC(O)CCO2. The van der Waals surface area contributed by atoms with Gasteiger partial charge in [0, 0.05) is 26.1 Å². The third kappa shape index (κ3) is 3.83. The standard InChI is InChI=1S/C14H25NO4/c1-13(2,3)19-12(17)15-7-5-14(6-8-15)10-11(16)4-9-18-14/h11,16H,4-10H2,1-3H3. The second-order valence-corrected chi connectivity index (χ2v) is 6.65. The van der Waals surface area contributed by atoms with Crippen LogP contribution in [0.4, 0.5) is 4.79 Å². The molecule has 0 aromatic carbocycles. The Morgan fingerprint density at radius 3 is 2.53 bits per heavy atom. The van der Waals surface area contributed by atoms with Crippen LogP contribution in [-0.2, 0) is 9.47 Å². The number of hydrogen-bond donors (Lipinski definition) is 1. The number of nitrogens with zero attached hydrogens (tertiary/aromatic N) is 1. The van der Waals surface area contributed by atoms with Crippen LogP contribution in [0.5, 0.6) is 0 Å². The largest absolute Gasteiger partial charge is 0.444 e. The van der Waals surface area contributed by atoms with Crippen molar-refractivity contribution in [3.8, 4) is 0 Å². The van der Waals surface area contributed by atoms with E-state index in [0.717, 1.165) is 19.3 Å². The van der Waals surface area contributed by atoms with Gasteiger partial charge in [-0.2, -0.15) is 0 Å². The fourth-order valence-corrected chi connectivity index (χ4v) is 2.77. The summed E-state index contributed by atoms with van der Waals surface area (Å²) in [6.45, 7) is 7.52. The first kappa shape index (κ1) is 14.6. The number of carbonyl (C=O) groups excluding carboxylic acids is 1. The summed E-state index contributed by atoms with van der Waals surface area (Å²) >= 11 is 0. The van der Waals surface area contributed by atoms with E-state index in [0.29, 0.717) is 26.1 Å². The van der Waals surface area contributed by atoms with Crippen LogP contribution in [-0.4, -0.2) is 53.1 Å². The predicted molar refractivity (Wildman–Crippen MR) is 71.0 cm³/mol. The Labute approximate surface area is 114 Å². The highest BCUT2D eigenvalue weighted by atomic mass is 16.6. The minimum Gasteiger partial charge on any atom is -0.444 e. The maximum atomic E-state index is 12.0. The fourth-order valence-electron chi connectivity index (χ4n) is 2.77. The van der Waals surface area contributed by atoms with Gasteiger partial charge in [-0.25, -0.2) is 4.79 Å². The van der Waals surface area contributed by atoms with E-state index in [2.05, 4.69) is 0 Å². The molecule has 0 aliphatic carbocycles. The summed E-state index contributed by atoms with van der Waals surface area (Å²) in [7, 11) is 0. The Bertz CT molecular complexity index is 329. The molecule has 2 fully saturated rings. The van der Waals surface area contributed by atoms with Crippen LogP contribution in [0.2, 0.25) is 0 Å². The van der Waals surface area contributed by atoms with Crippen molar-refractivity contribution >= 4 is 6.09 Å². The summed E-state index contributed by atoms with van der Waals surface area (Å²) in [6, 6.07) is 0. The van der Waals surface area contributed by atoms with Crippen molar-refractivity contribution in [3.63, 3.8) is 0 Å². The average Bonchev–Trinajstić information content (AvgIpc) is 2.27. The lowest BCUT2D eigenvalue weighted by atomic mass is 9.83. The van der Waals surface area contributed by atoms with E-state index < -0.39 is 5.60 Å². The molecule has 0 bridgehead atoms. The van der Waals surface area contributed by atoms with Crippen molar-refractivity contribution in [2.75, 3.05) is 19.7 Å². The number of rotatable bonds is 0. The van der Waals surface area contributed by atoms with E-state index in [-0.39, 0.29) is 17.8 Å². The van der Waals surface area contributed by atoms with Gasteiger partial charge in [-0.05, 0) is 40.0 Å². The van der Waals surface area contributed by atoms with Gasteiger partial charge in [-0.1, -0.05) is 0 Å². The Hall–Kier alpha value is -0.810. The van der Waals surface area contributed by atoms with E-state index in [1.54, 1.807) is 4.90 Å². The molecule has 1 unspecified atom stereocenters. The number of ether oxygens (including phenoxy) is 2. The molecule has 2 aliphatic heterocycles. The van der Waals surface area contributed by atoms with Crippen molar-refractivity contribution < 1.29 is 19.4 Å². The summed E-state index contributed by atoms with van der Waals surface area (Å²) in [5, 5.41) is 9.77. The molecule has 1 N–H and O–H groups in total. The molecule has 5 nitrogen and oxygen atoms in total. The number of likely N-dealkylation sites (tertiary alicyclic amines) is 1. The van der Waals surface area contributed by atoms with Gasteiger partial charge < -0.3 is 19.5 Å². The lowest BCUT2D eigenvalue weighted by molar-refractivity contribution is -0.141. The smallest absolute Gasteiger partial charge is 0.410 e. The molecule has 2 heterocycles. The maximum Gasteiger partial charge on any atom is 0.410 e. The van der Waals surface area contributed by atoms with E-state index in [1.807, 2.05) is 20.8 Å². The van der Waals surface area contributed by atoms with E-state index in [4.69, 9.17) is 9.47 Å². The van der Waals surface area contributed by atoms with Crippen LogP contribution in [0.25, 0.3) is 0 Å². The van der Waals surface area contributed by atoms with Gasteiger partial charge in [0.05, 0.1) is 11.7 Å². The van der Waals surface area contributed by atoms with Gasteiger partial charge in [0.2, 0.25) is 0 Å². The lowest BCUT2D eigenvalue weighted by Gasteiger charge is -2.45. The lowest BCUT2D eigenvalue weighted by Crippen LogP contribution is -2.52. The third-order valence-corrected chi connectivity index (χ3v) is 3.79. The van der Waals surface area contributed by atoms with Crippen molar-refractivity contribution in [2.24, 2.45) is 0 Å². The first-order valence-electron chi connectivity index (χ1n) is 7.10.